The third-order valence-electron chi connectivity index (χ3n) is 2.60. The number of nitrogens with one attached hydrogen (secondary N) is 1. The van der Waals surface area contributed by atoms with E-state index in [4.69, 9.17) is 9.84 Å². The van der Waals surface area contributed by atoms with Crippen LogP contribution in [0.3, 0.4) is 0 Å². The van der Waals surface area contributed by atoms with Gasteiger partial charge < -0.3 is 15.2 Å². The second-order valence-electron chi connectivity index (χ2n) is 4.10. The molecule has 0 aliphatic rings. The minimum absolute atomic E-state index is 0.101. The number of carbonyl (C=O) groups excluding carboxylic acids is 1. The molecule has 0 heterocycles. The summed E-state index contributed by atoms with van der Waals surface area (Å²) in [6.07, 6.45) is 0.433. The second-order valence-corrected chi connectivity index (χ2v) is 4.10. The maximum Gasteiger partial charge on any atom is 0.325 e. The summed E-state index contributed by atoms with van der Waals surface area (Å²) in [7, 11) is 1.37. The number of halogens is 1. The van der Waals surface area contributed by atoms with Gasteiger partial charge in [-0.3, -0.25) is 9.59 Å². The highest BCUT2D eigenvalue weighted by atomic mass is 19.1. The Labute approximate surface area is 110 Å². The molecular weight excluding hydrogens is 253 g/mol. The Morgan fingerprint density at radius 2 is 2.16 bits per heavy atom. The molecule has 6 heteroatoms. The molecule has 0 radical (unpaired) electrons. The Hall–Kier alpha value is -2.11. The van der Waals surface area contributed by atoms with E-state index < -0.39 is 17.8 Å². The van der Waals surface area contributed by atoms with Crippen molar-refractivity contribution >= 4 is 11.9 Å². The SMILES string of the molecule is COc1ccc(CCC(=O)N[C@@H](C)C(=O)O)cc1F. The van der Waals surface area contributed by atoms with Gasteiger partial charge in [-0.15, -0.1) is 0 Å². The van der Waals surface area contributed by atoms with Crippen molar-refractivity contribution in [2.24, 2.45) is 0 Å². The van der Waals surface area contributed by atoms with Crippen molar-refractivity contribution in [2.75, 3.05) is 7.11 Å². The molecule has 1 aromatic rings. The lowest BCUT2D eigenvalue weighted by molar-refractivity contribution is -0.141. The summed E-state index contributed by atoms with van der Waals surface area (Å²) in [6, 6.07) is 3.52. The van der Waals surface area contributed by atoms with Gasteiger partial charge in [-0.1, -0.05) is 6.07 Å². The predicted molar refractivity (Wildman–Crippen MR) is 66.5 cm³/mol. The van der Waals surface area contributed by atoms with E-state index in [0.717, 1.165) is 0 Å². The highest BCUT2D eigenvalue weighted by Crippen LogP contribution is 2.18. The van der Waals surface area contributed by atoms with Crippen molar-refractivity contribution < 1.29 is 23.8 Å². The van der Waals surface area contributed by atoms with Gasteiger partial charge in [0, 0.05) is 6.42 Å². The average Bonchev–Trinajstić information content (AvgIpc) is 2.36. The maximum atomic E-state index is 13.4. The van der Waals surface area contributed by atoms with Gasteiger partial charge >= 0.3 is 5.97 Å². The van der Waals surface area contributed by atoms with Gasteiger partial charge in [0.15, 0.2) is 11.6 Å². The predicted octanol–water partition coefficient (Wildman–Crippen LogP) is 1.36. The van der Waals surface area contributed by atoms with E-state index in [-0.39, 0.29) is 18.1 Å². The zero-order valence-corrected chi connectivity index (χ0v) is 10.8. The van der Waals surface area contributed by atoms with E-state index in [9.17, 15) is 14.0 Å². The van der Waals surface area contributed by atoms with Crippen LogP contribution in [0.2, 0.25) is 0 Å². The van der Waals surface area contributed by atoms with Crippen molar-refractivity contribution in [2.45, 2.75) is 25.8 Å². The third-order valence-corrected chi connectivity index (χ3v) is 2.60. The Bertz CT molecular complexity index is 476. The first-order valence-corrected chi connectivity index (χ1v) is 5.78. The zero-order valence-electron chi connectivity index (χ0n) is 10.8. The van der Waals surface area contributed by atoms with E-state index in [0.29, 0.717) is 12.0 Å². The number of carboxylic acids is 1. The summed E-state index contributed by atoms with van der Waals surface area (Å²) in [5, 5.41) is 11.0. The van der Waals surface area contributed by atoms with Gasteiger partial charge in [0.2, 0.25) is 5.91 Å². The summed E-state index contributed by atoms with van der Waals surface area (Å²) in [5.74, 6) is -1.82. The molecule has 1 amide bonds. The lowest BCUT2D eigenvalue weighted by Gasteiger charge is -2.09. The summed E-state index contributed by atoms with van der Waals surface area (Å²) in [5.41, 5.74) is 0.649. The van der Waals surface area contributed by atoms with Crippen LogP contribution in [0.4, 0.5) is 4.39 Å². The number of carboxylic acid groups (broad SMARTS) is 1. The number of hydrogen-bond donors (Lipinski definition) is 2. The number of amides is 1. The molecule has 104 valence electrons. The fourth-order valence-corrected chi connectivity index (χ4v) is 1.50. The smallest absolute Gasteiger partial charge is 0.325 e. The highest BCUT2D eigenvalue weighted by molar-refractivity contribution is 5.83. The molecule has 0 fully saturated rings. The van der Waals surface area contributed by atoms with Gasteiger partial charge in [0.1, 0.15) is 6.04 Å². The van der Waals surface area contributed by atoms with Gasteiger partial charge in [-0.05, 0) is 31.0 Å². The van der Waals surface area contributed by atoms with Crippen molar-refractivity contribution in [1.29, 1.82) is 0 Å². The molecule has 0 aromatic heterocycles. The van der Waals surface area contributed by atoms with Crippen LogP contribution in [0.1, 0.15) is 18.9 Å². The van der Waals surface area contributed by atoms with Crippen molar-refractivity contribution in [3.8, 4) is 5.75 Å². The standard InChI is InChI=1S/C13H16FNO4/c1-8(13(17)18)15-12(16)6-4-9-3-5-11(19-2)10(14)7-9/h3,5,7-8H,4,6H2,1-2H3,(H,15,16)(H,17,18)/t8-/m0/s1. The monoisotopic (exact) mass is 269 g/mol. The van der Waals surface area contributed by atoms with Crippen molar-refractivity contribution in [3.63, 3.8) is 0 Å². The fourth-order valence-electron chi connectivity index (χ4n) is 1.50. The van der Waals surface area contributed by atoms with Crippen LogP contribution in [0, 0.1) is 5.82 Å². The molecule has 0 spiro atoms. The number of hydrogen-bond acceptors (Lipinski definition) is 3. The van der Waals surface area contributed by atoms with Crippen molar-refractivity contribution in [1.82, 2.24) is 5.32 Å². The molecule has 2 N–H and O–H groups in total. The number of benzene rings is 1. The Morgan fingerprint density at radius 3 is 2.68 bits per heavy atom. The minimum Gasteiger partial charge on any atom is -0.494 e. The Morgan fingerprint density at radius 1 is 1.47 bits per heavy atom. The lowest BCUT2D eigenvalue weighted by Crippen LogP contribution is -2.38. The molecule has 1 rings (SSSR count). The molecule has 0 saturated carbocycles. The maximum absolute atomic E-state index is 13.4. The number of carbonyl (C=O) groups is 2. The van der Waals surface area contributed by atoms with Gasteiger partial charge in [0.25, 0.3) is 0 Å². The van der Waals surface area contributed by atoms with Crippen LogP contribution in [0.15, 0.2) is 18.2 Å². The van der Waals surface area contributed by atoms with E-state index in [1.165, 1.54) is 26.2 Å². The summed E-state index contributed by atoms with van der Waals surface area (Å²) in [4.78, 5) is 22.0. The third kappa shape index (κ3) is 4.57. The van der Waals surface area contributed by atoms with Gasteiger partial charge in [0.05, 0.1) is 7.11 Å². The van der Waals surface area contributed by atoms with Crippen LogP contribution in [-0.4, -0.2) is 30.1 Å². The van der Waals surface area contributed by atoms with E-state index in [1.54, 1.807) is 6.07 Å². The molecule has 0 saturated heterocycles. The largest absolute Gasteiger partial charge is 0.494 e. The van der Waals surface area contributed by atoms with Crippen LogP contribution in [-0.2, 0) is 16.0 Å². The molecule has 0 bridgehead atoms. The van der Waals surface area contributed by atoms with E-state index >= 15 is 0 Å². The summed E-state index contributed by atoms with van der Waals surface area (Å²) in [6.45, 7) is 1.38. The highest BCUT2D eigenvalue weighted by Gasteiger charge is 2.13. The molecule has 19 heavy (non-hydrogen) atoms. The molecule has 0 aliphatic carbocycles. The molecular formula is C13H16FNO4. The fraction of sp³-hybridized carbons (Fsp3) is 0.385. The van der Waals surface area contributed by atoms with Crippen LogP contribution < -0.4 is 10.1 Å². The number of aliphatic carboxylic acids is 1. The lowest BCUT2D eigenvalue weighted by atomic mass is 10.1. The first kappa shape index (κ1) is 14.9. The zero-order chi connectivity index (χ0) is 14.4. The van der Waals surface area contributed by atoms with Crippen LogP contribution >= 0.6 is 0 Å². The second kappa shape index (κ2) is 6.72. The Balaban J connectivity index is 2.50. The quantitative estimate of drug-likeness (QED) is 0.817. The summed E-state index contributed by atoms with van der Waals surface area (Å²) < 4.78 is 18.2. The summed E-state index contributed by atoms with van der Waals surface area (Å²) >= 11 is 0. The number of methoxy groups -OCH3 is 1. The molecule has 5 nitrogen and oxygen atoms in total. The number of aryl methyl sites for hydroxylation is 1. The molecule has 0 unspecified atom stereocenters. The Kier molecular flexibility index (Phi) is 5.29. The van der Waals surface area contributed by atoms with Crippen molar-refractivity contribution in [3.05, 3.63) is 29.6 Å². The number of ether oxygens (including phenoxy) is 1. The number of rotatable bonds is 6. The first-order valence-electron chi connectivity index (χ1n) is 5.78. The molecule has 1 atom stereocenters. The van der Waals surface area contributed by atoms with Crippen LogP contribution in [0.25, 0.3) is 0 Å². The molecule has 1 aromatic carbocycles. The first-order chi connectivity index (χ1) is 8.93. The van der Waals surface area contributed by atoms with Crippen LogP contribution in [0.5, 0.6) is 5.75 Å². The van der Waals surface area contributed by atoms with Gasteiger partial charge in [-0.25, -0.2) is 4.39 Å². The van der Waals surface area contributed by atoms with E-state index in [2.05, 4.69) is 5.32 Å². The minimum atomic E-state index is -1.09. The topological polar surface area (TPSA) is 75.6 Å². The van der Waals surface area contributed by atoms with E-state index in [1.807, 2.05) is 0 Å². The normalized spacial score (nSPS) is 11.7. The molecule has 0 aliphatic heterocycles. The van der Waals surface area contributed by atoms with Gasteiger partial charge in [-0.2, -0.15) is 0 Å². The average molecular weight is 269 g/mol.